The molecule has 0 radical (unpaired) electrons. The summed E-state index contributed by atoms with van der Waals surface area (Å²) in [4.78, 5) is 51.5. The van der Waals surface area contributed by atoms with Crippen molar-refractivity contribution < 1.29 is 38.1 Å². The van der Waals surface area contributed by atoms with Gasteiger partial charge < -0.3 is 18.9 Å². The van der Waals surface area contributed by atoms with Crippen molar-refractivity contribution in [3.63, 3.8) is 0 Å². The maximum atomic E-state index is 13.1. The third-order valence-electron chi connectivity index (χ3n) is 7.67. The molecule has 0 fully saturated rings. The quantitative estimate of drug-likeness (QED) is 0.144. The fourth-order valence-electron chi connectivity index (χ4n) is 4.63. The monoisotopic (exact) mass is 626 g/mol. The standard InChI is InChI=1S/C36H34O8S/c1-19-17-29(43-35(39)27-13-9-25(10-14-27)33(37)41-7)23(5)31(21(19)3)45-32-22(4)20(2)18-30(24(32)6)44-36(40)28-15-11-26(12-16-28)34(38)42-8/h9-18H,1-8H3. The average molecular weight is 627 g/mol. The Bertz CT molecular complexity index is 1670. The molecule has 9 heteroatoms. The molecule has 0 aliphatic heterocycles. The predicted octanol–water partition coefficient (Wildman–Crippen LogP) is 7.70. The molecule has 232 valence electrons. The Hall–Kier alpha value is -4.89. The highest BCUT2D eigenvalue weighted by Crippen LogP contribution is 2.44. The first-order valence-electron chi connectivity index (χ1n) is 14.1. The molecule has 0 saturated heterocycles. The van der Waals surface area contributed by atoms with E-state index in [2.05, 4.69) is 0 Å². The van der Waals surface area contributed by atoms with Crippen molar-refractivity contribution in [2.24, 2.45) is 0 Å². The molecule has 4 aromatic carbocycles. The molecular formula is C36H34O8S. The lowest BCUT2D eigenvalue weighted by molar-refractivity contribution is 0.0591. The van der Waals surface area contributed by atoms with Crippen LogP contribution in [0.15, 0.2) is 70.5 Å². The van der Waals surface area contributed by atoms with Crippen LogP contribution >= 0.6 is 11.8 Å². The van der Waals surface area contributed by atoms with E-state index in [0.29, 0.717) is 33.8 Å². The molecule has 0 aliphatic carbocycles. The lowest BCUT2D eigenvalue weighted by atomic mass is 10.1. The summed E-state index contributed by atoms with van der Waals surface area (Å²) in [5, 5.41) is 0. The lowest BCUT2D eigenvalue weighted by Crippen LogP contribution is -2.11. The van der Waals surface area contributed by atoms with Gasteiger partial charge in [0.05, 0.1) is 36.5 Å². The SMILES string of the molecule is COC(=O)c1ccc(C(=O)Oc2cc(C)c(C)c(Sc3c(C)c(C)cc(OC(=O)c4ccc(C(=O)OC)cc4)c3C)c2C)cc1. The Morgan fingerprint density at radius 1 is 0.467 bits per heavy atom. The second-order valence-corrected chi connectivity index (χ2v) is 11.6. The third kappa shape index (κ3) is 7.10. The van der Waals surface area contributed by atoms with Crippen LogP contribution in [0.5, 0.6) is 11.5 Å². The van der Waals surface area contributed by atoms with Crippen molar-refractivity contribution in [1.29, 1.82) is 0 Å². The number of carbonyl (C=O) groups is 4. The second kappa shape index (κ2) is 13.8. The van der Waals surface area contributed by atoms with E-state index in [1.807, 2.05) is 53.7 Å². The number of esters is 4. The number of benzene rings is 4. The Kier molecular flexibility index (Phi) is 10.1. The Morgan fingerprint density at radius 2 is 0.756 bits per heavy atom. The minimum absolute atomic E-state index is 0.297. The van der Waals surface area contributed by atoms with E-state index < -0.39 is 23.9 Å². The topological polar surface area (TPSA) is 105 Å². The summed E-state index contributed by atoms with van der Waals surface area (Å²) in [7, 11) is 2.59. The molecule has 0 saturated carbocycles. The number of hydrogen-bond acceptors (Lipinski definition) is 9. The highest BCUT2D eigenvalue weighted by Gasteiger charge is 2.21. The first kappa shape index (κ1) is 33.0. The van der Waals surface area contributed by atoms with Gasteiger partial charge in [0.2, 0.25) is 0 Å². The molecule has 4 aromatic rings. The molecule has 0 aromatic heterocycles. The van der Waals surface area contributed by atoms with Gasteiger partial charge in [-0.25, -0.2) is 19.2 Å². The van der Waals surface area contributed by atoms with E-state index in [1.165, 1.54) is 74.5 Å². The van der Waals surface area contributed by atoms with Gasteiger partial charge in [0.25, 0.3) is 0 Å². The largest absolute Gasteiger partial charge is 0.465 e. The van der Waals surface area contributed by atoms with Crippen molar-refractivity contribution >= 4 is 35.6 Å². The summed E-state index contributed by atoms with van der Waals surface area (Å²) in [6, 6.07) is 15.8. The van der Waals surface area contributed by atoms with Gasteiger partial charge in [0.1, 0.15) is 11.5 Å². The first-order chi connectivity index (χ1) is 21.4. The molecule has 8 nitrogen and oxygen atoms in total. The van der Waals surface area contributed by atoms with Gasteiger partial charge in [0, 0.05) is 20.9 Å². The number of rotatable bonds is 8. The normalized spacial score (nSPS) is 10.7. The molecule has 4 rings (SSSR count). The zero-order valence-corrected chi connectivity index (χ0v) is 27.3. The zero-order valence-electron chi connectivity index (χ0n) is 26.4. The molecule has 45 heavy (non-hydrogen) atoms. The summed E-state index contributed by atoms with van der Waals surface area (Å²) in [5.41, 5.74) is 6.78. The summed E-state index contributed by atoms with van der Waals surface area (Å²) in [6.07, 6.45) is 0. The van der Waals surface area contributed by atoms with Gasteiger partial charge >= 0.3 is 23.9 Å². The molecule has 0 bridgehead atoms. The van der Waals surface area contributed by atoms with Gasteiger partial charge in [-0.15, -0.1) is 0 Å². The summed E-state index contributed by atoms with van der Waals surface area (Å²) in [5.74, 6) is -1.23. The van der Waals surface area contributed by atoms with Crippen LogP contribution < -0.4 is 9.47 Å². The van der Waals surface area contributed by atoms with Crippen LogP contribution in [-0.2, 0) is 9.47 Å². The fraction of sp³-hybridized carbons (Fsp3) is 0.222. The smallest absolute Gasteiger partial charge is 0.343 e. The minimum atomic E-state index is -0.551. The van der Waals surface area contributed by atoms with E-state index in [1.54, 1.807) is 0 Å². The average Bonchev–Trinajstić information content (AvgIpc) is 3.05. The summed E-state index contributed by atoms with van der Waals surface area (Å²) in [6.45, 7) is 11.7. The highest BCUT2D eigenvalue weighted by atomic mass is 32.2. The molecule has 0 unspecified atom stereocenters. The molecule has 0 spiro atoms. The van der Waals surface area contributed by atoms with Gasteiger partial charge in [-0.2, -0.15) is 0 Å². The van der Waals surface area contributed by atoms with E-state index in [4.69, 9.17) is 18.9 Å². The molecule has 0 atom stereocenters. The van der Waals surface area contributed by atoms with Crippen LogP contribution in [0, 0.1) is 41.5 Å². The molecule has 0 aliphatic rings. The van der Waals surface area contributed by atoms with Crippen molar-refractivity contribution in [2.75, 3.05) is 14.2 Å². The van der Waals surface area contributed by atoms with Crippen LogP contribution in [0.2, 0.25) is 0 Å². The Labute approximate surface area is 266 Å². The Morgan fingerprint density at radius 3 is 1.04 bits per heavy atom. The van der Waals surface area contributed by atoms with E-state index >= 15 is 0 Å². The predicted molar refractivity (Wildman–Crippen MR) is 171 cm³/mol. The first-order valence-corrected chi connectivity index (χ1v) is 14.9. The zero-order chi connectivity index (χ0) is 33.0. The molecular weight excluding hydrogens is 592 g/mol. The van der Waals surface area contributed by atoms with Crippen LogP contribution in [0.4, 0.5) is 0 Å². The molecule has 0 amide bonds. The highest BCUT2D eigenvalue weighted by molar-refractivity contribution is 7.99. The van der Waals surface area contributed by atoms with E-state index in [9.17, 15) is 19.2 Å². The number of ether oxygens (including phenoxy) is 4. The fourth-order valence-corrected chi connectivity index (χ4v) is 5.97. The van der Waals surface area contributed by atoms with E-state index in [0.717, 1.165) is 43.2 Å². The second-order valence-electron chi connectivity index (χ2n) is 10.6. The summed E-state index contributed by atoms with van der Waals surface area (Å²) >= 11 is 1.53. The van der Waals surface area contributed by atoms with Gasteiger partial charge in [-0.3, -0.25) is 0 Å². The molecule has 0 N–H and O–H groups in total. The van der Waals surface area contributed by atoms with Crippen molar-refractivity contribution in [3.8, 4) is 11.5 Å². The maximum absolute atomic E-state index is 13.1. The van der Waals surface area contributed by atoms with Crippen LogP contribution in [0.25, 0.3) is 0 Å². The molecule has 0 heterocycles. The van der Waals surface area contributed by atoms with Gasteiger partial charge in [-0.05, 0) is 124 Å². The number of aryl methyl sites for hydroxylation is 2. The summed E-state index contributed by atoms with van der Waals surface area (Å²) < 4.78 is 21.1. The van der Waals surface area contributed by atoms with Crippen LogP contribution in [0.1, 0.15) is 74.8 Å². The van der Waals surface area contributed by atoms with E-state index in [-0.39, 0.29) is 0 Å². The number of hydrogen-bond donors (Lipinski definition) is 0. The number of carbonyl (C=O) groups excluding carboxylic acids is 4. The number of methoxy groups -OCH3 is 2. The van der Waals surface area contributed by atoms with Crippen LogP contribution in [-0.4, -0.2) is 38.1 Å². The van der Waals surface area contributed by atoms with Crippen molar-refractivity contribution in [2.45, 2.75) is 51.3 Å². The van der Waals surface area contributed by atoms with Crippen molar-refractivity contribution in [3.05, 3.63) is 116 Å². The van der Waals surface area contributed by atoms with Crippen LogP contribution in [0.3, 0.4) is 0 Å². The van der Waals surface area contributed by atoms with Gasteiger partial charge in [0.15, 0.2) is 0 Å². The lowest BCUT2D eigenvalue weighted by Gasteiger charge is -2.20. The van der Waals surface area contributed by atoms with Gasteiger partial charge in [-0.1, -0.05) is 11.8 Å². The Balaban J connectivity index is 1.63. The minimum Gasteiger partial charge on any atom is -0.465 e. The third-order valence-corrected chi connectivity index (χ3v) is 9.31. The van der Waals surface area contributed by atoms with Crippen molar-refractivity contribution in [1.82, 2.24) is 0 Å². The maximum Gasteiger partial charge on any atom is 0.343 e.